The minimum Gasteiger partial charge on any atom is -0.368 e. The molecule has 0 aromatic carbocycles. The molecule has 1 N–H and O–H groups in total. The molecule has 0 bridgehead atoms. The van der Waals surface area contributed by atoms with Crippen LogP contribution >= 0.6 is 0 Å². The highest BCUT2D eigenvalue weighted by molar-refractivity contribution is 5.34. The summed E-state index contributed by atoms with van der Waals surface area (Å²) in [7, 11) is 0. The van der Waals surface area contributed by atoms with Gasteiger partial charge >= 0.3 is 0 Å². The van der Waals surface area contributed by atoms with E-state index in [-0.39, 0.29) is 0 Å². The molecule has 0 aliphatic heterocycles. The molecule has 92 valence electrons. The van der Waals surface area contributed by atoms with Crippen molar-refractivity contribution in [1.82, 2.24) is 9.78 Å². The third kappa shape index (κ3) is 4.25. The molecule has 0 amide bonds. The molecule has 0 saturated carbocycles. The van der Waals surface area contributed by atoms with Crippen molar-refractivity contribution in [3.63, 3.8) is 0 Å². The maximum Gasteiger partial charge on any atom is 0.124 e. The molecular weight excluding hydrogens is 198 g/mol. The third-order valence-corrected chi connectivity index (χ3v) is 2.47. The summed E-state index contributed by atoms with van der Waals surface area (Å²) in [6.07, 6.45) is 3.06. The van der Waals surface area contributed by atoms with Gasteiger partial charge in [0, 0.05) is 18.7 Å². The van der Waals surface area contributed by atoms with E-state index in [2.05, 4.69) is 55.8 Å². The quantitative estimate of drug-likeness (QED) is 0.801. The van der Waals surface area contributed by atoms with Gasteiger partial charge in [-0.05, 0) is 25.2 Å². The van der Waals surface area contributed by atoms with Crippen LogP contribution in [0.15, 0.2) is 12.3 Å². The molecule has 1 aromatic rings. The number of hydrogen-bond acceptors (Lipinski definition) is 2. The van der Waals surface area contributed by atoms with Crippen LogP contribution in [-0.2, 0) is 6.54 Å². The van der Waals surface area contributed by atoms with E-state index in [0.717, 1.165) is 18.3 Å². The first-order chi connectivity index (χ1) is 7.49. The normalized spacial score (nSPS) is 13.4. The van der Waals surface area contributed by atoms with Gasteiger partial charge in [-0.25, -0.2) is 4.68 Å². The van der Waals surface area contributed by atoms with Gasteiger partial charge in [-0.1, -0.05) is 27.7 Å². The molecule has 3 nitrogen and oxygen atoms in total. The Bertz CT molecular complexity index is 302. The Labute approximate surface area is 99.2 Å². The molecule has 1 rings (SSSR count). The molecule has 1 atom stereocenters. The van der Waals surface area contributed by atoms with Gasteiger partial charge in [0.2, 0.25) is 0 Å². The molecule has 1 heterocycles. The van der Waals surface area contributed by atoms with E-state index in [4.69, 9.17) is 0 Å². The van der Waals surface area contributed by atoms with Crippen LogP contribution in [0.5, 0.6) is 0 Å². The van der Waals surface area contributed by atoms with E-state index in [9.17, 15) is 0 Å². The Morgan fingerprint density at radius 3 is 2.44 bits per heavy atom. The van der Waals surface area contributed by atoms with Crippen LogP contribution in [-0.4, -0.2) is 15.8 Å². The lowest BCUT2D eigenvalue weighted by Crippen LogP contribution is -2.20. The highest BCUT2D eigenvalue weighted by Gasteiger charge is 2.09. The SMILES string of the molecule is CC(C)CC(C)Nc1ccnn1CC(C)C. The van der Waals surface area contributed by atoms with Gasteiger partial charge in [0.05, 0.1) is 6.20 Å². The second-order valence-electron chi connectivity index (χ2n) is 5.47. The van der Waals surface area contributed by atoms with Gasteiger partial charge in [-0.15, -0.1) is 0 Å². The minimum absolute atomic E-state index is 0.502. The smallest absolute Gasteiger partial charge is 0.124 e. The van der Waals surface area contributed by atoms with Gasteiger partial charge in [0.15, 0.2) is 0 Å². The van der Waals surface area contributed by atoms with Gasteiger partial charge in [-0.2, -0.15) is 5.10 Å². The summed E-state index contributed by atoms with van der Waals surface area (Å²) in [5, 5.41) is 7.87. The fourth-order valence-corrected chi connectivity index (χ4v) is 1.97. The monoisotopic (exact) mass is 223 g/mol. The lowest BCUT2D eigenvalue weighted by Gasteiger charge is -2.18. The van der Waals surface area contributed by atoms with E-state index in [1.807, 2.05) is 6.20 Å². The van der Waals surface area contributed by atoms with Gasteiger partial charge in [0.1, 0.15) is 5.82 Å². The molecule has 0 spiro atoms. The fourth-order valence-electron chi connectivity index (χ4n) is 1.97. The zero-order valence-electron chi connectivity index (χ0n) is 11.2. The van der Waals surface area contributed by atoms with Crippen molar-refractivity contribution in [3.05, 3.63) is 12.3 Å². The van der Waals surface area contributed by atoms with Crippen molar-refractivity contribution in [2.75, 3.05) is 5.32 Å². The minimum atomic E-state index is 0.502. The van der Waals surface area contributed by atoms with E-state index >= 15 is 0 Å². The average molecular weight is 223 g/mol. The van der Waals surface area contributed by atoms with Gasteiger partial charge in [-0.3, -0.25) is 0 Å². The lowest BCUT2D eigenvalue weighted by molar-refractivity contribution is 0.480. The molecule has 0 saturated heterocycles. The Morgan fingerprint density at radius 1 is 1.19 bits per heavy atom. The predicted molar refractivity (Wildman–Crippen MR) is 69.6 cm³/mol. The summed E-state index contributed by atoms with van der Waals surface area (Å²) >= 11 is 0. The first-order valence-corrected chi connectivity index (χ1v) is 6.27. The summed E-state index contributed by atoms with van der Waals surface area (Å²) in [5.41, 5.74) is 0. The Balaban J connectivity index is 2.56. The molecule has 1 aromatic heterocycles. The first kappa shape index (κ1) is 13.1. The van der Waals surface area contributed by atoms with E-state index < -0.39 is 0 Å². The van der Waals surface area contributed by atoms with Crippen LogP contribution in [0.1, 0.15) is 41.0 Å². The summed E-state index contributed by atoms with van der Waals surface area (Å²) in [5.74, 6) is 2.49. The standard InChI is InChI=1S/C13H25N3/c1-10(2)8-12(5)15-13-6-7-14-16(13)9-11(3)4/h6-7,10-12,15H,8-9H2,1-5H3. The number of nitrogens with one attached hydrogen (secondary N) is 1. The maximum absolute atomic E-state index is 4.34. The van der Waals surface area contributed by atoms with Gasteiger partial charge in [0.25, 0.3) is 0 Å². The number of rotatable bonds is 6. The molecule has 0 radical (unpaired) electrons. The summed E-state index contributed by atoms with van der Waals surface area (Å²) in [4.78, 5) is 0. The van der Waals surface area contributed by atoms with E-state index in [0.29, 0.717) is 12.0 Å². The average Bonchev–Trinajstić information content (AvgIpc) is 2.50. The van der Waals surface area contributed by atoms with Crippen LogP contribution in [0, 0.1) is 11.8 Å². The number of anilines is 1. The molecule has 16 heavy (non-hydrogen) atoms. The molecule has 3 heteroatoms. The molecule has 1 unspecified atom stereocenters. The molecular formula is C13H25N3. The molecule has 0 aliphatic rings. The van der Waals surface area contributed by atoms with Crippen molar-refractivity contribution in [2.24, 2.45) is 11.8 Å². The predicted octanol–water partition coefficient (Wildman–Crippen LogP) is 3.39. The fraction of sp³-hybridized carbons (Fsp3) is 0.769. The molecule has 0 aliphatic carbocycles. The van der Waals surface area contributed by atoms with E-state index in [1.165, 1.54) is 6.42 Å². The maximum atomic E-state index is 4.34. The zero-order chi connectivity index (χ0) is 12.1. The van der Waals surface area contributed by atoms with Crippen LogP contribution in [0.25, 0.3) is 0 Å². The van der Waals surface area contributed by atoms with E-state index in [1.54, 1.807) is 0 Å². The third-order valence-electron chi connectivity index (χ3n) is 2.47. The highest BCUT2D eigenvalue weighted by atomic mass is 15.3. The highest BCUT2D eigenvalue weighted by Crippen LogP contribution is 2.13. The first-order valence-electron chi connectivity index (χ1n) is 6.27. The number of aromatic nitrogens is 2. The van der Waals surface area contributed by atoms with Crippen molar-refractivity contribution >= 4 is 5.82 Å². The van der Waals surface area contributed by atoms with Gasteiger partial charge < -0.3 is 5.32 Å². The zero-order valence-corrected chi connectivity index (χ0v) is 11.2. The van der Waals surface area contributed by atoms with Crippen molar-refractivity contribution < 1.29 is 0 Å². The van der Waals surface area contributed by atoms with Crippen LogP contribution in [0.2, 0.25) is 0 Å². The summed E-state index contributed by atoms with van der Waals surface area (Å²) in [6, 6.07) is 2.56. The summed E-state index contributed by atoms with van der Waals surface area (Å²) < 4.78 is 2.06. The van der Waals surface area contributed by atoms with Crippen LogP contribution < -0.4 is 5.32 Å². The Kier molecular flexibility index (Phi) is 4.84. The lowest BCUT2D eigenvalue weighted by atomic mass is 10.1. The number of hydrogen-bond donors (Lipinski definition) is 1. The van der Waals surface area contributed by atoms with Crippen molar-refractivity contribution in [2.45, 2.75) is 53.6 Å². The number of nitrogens with zero attached hydrogens (tertiary/aromatic N) is 2. The second-order valence-corrected chi connectivity index (χ2v) is 5.47. The summed E-state index contributed by atoms with van der Waals surface area (Å²) in [6.45, 7) is 12.1. The topological polar surface area (TPSA) is 29.9 Å². The Morgan fingerprint density at radius 2 is 1.88 bits per heavy atom. The largest absolute Gasteiger partial charge is 0.368 e. The van der Waals surface area contributed by atoms with Crippen LogP contribution in [0.4, 0.5) is 5.82 Å². The van der Waals surface area contributed by atoms with Crippen LogP contribution in [0.3, 0.4) is 0 Å². The van der Waals surface area contributed by atoms with Crippen molar-refractivity contribution in [3.8, 4) is 0 Å². The molecule has 0 fully saturated rings. The Hall–Kier alpha value is -0.990. The second kappa shape index (κ2) is 5.92. The van der Waals surface area contributed by atoms with Crippen molar-refractivity contribution in [1.29, 1.82) is 0 Å².